The summed E-state index contributed by atoms with van der Waals surface area (Å²) < 4.78 is 12.7. The number of nitrogens with zero attached hydrogens (tertiary/aromatic N) is 5. The van der Waals surface area contributed by atoms with Crippen molar-refractivity contribution in [1.29, 1.82) is 0 Å². The smallest absolute Gasteiger partial charge is 0.415 e. The van der Waals surface area contributed by atoms with E-state index in [0.717, 1.165) is 62.3 Å². The minimum absolute atomic E-state index is 0.0198. The van der Waals surface area contributed by atoms with Crippen molar-refractivity contribution in [1.82, 2.24) is 50.7 Å². The van der Waals surface area contributed by atoms with E-state index in [9.17, 15) is 43.8 Å². The molecule has 5 aromatic carbocycles. The van der Waals surface area contributed by atoms with E-state index in [0.29, 0.717) is 60.1 Å². The first-order chi connectivity index (χ1) is 43.6. The molecule has 0 aliphatic carbocycles. The van der Waals surface area contributed by atoms with Gasteiger partial charge in [0.2, 0.25) is 23.6 Å². The Hall–Kier alpha value is -8.66. The molecule has 21 nitrogen and oxygen atoms in total. The fourth-order valence-electron chi connectivity index (χ4n) is 12.1. The van der Waals surface area contributed by atoms with Crippen molar-refractivity contribution in [2.24, 2.45) is 11.8 Å². The molecule has 1 aromatic heterocycles. The van der Waals surface area contributed by atoms with Crippen LogP contribution in [0.15, 0.2) is 126 Å². The summed E-state index contributed by atoms with van der Waals surface area (Å²) >= 11 is 0. The van der Waals surface area contributed by atoms with Crippen LogP contribution in [-0.2, 0) is 54.5 Å². The van der Waals surface area contributed by atoms with Crippen LogP contribution in [0.3, 0.4) is 0 Å². The van der Waals surface area contributed by atoms with Crippen molar-refractivity contribution in [2.45, 2.75) is 148 Å². The van der Waals surface area contributed by atoms with E-state index in [4.69, 9.17) is 9.47 Å². The lowest BCUT2D eigenvalue weighted by Crippen LogP contribution is -2.59. The van der Waals surface area contributed by atoms with Gasteiger partial charge in [-0.1, -0.05) is 126 Å². The molecular weight excluding hydrogens is 1160 g/mol. The predicted octanol–water partition coefficient (Wildman–Crippen LogP) is 7.35. The number of aryl methyl sites for hydroxylation is 1. The van der Waals surface area contributed by atoms with Crippen molar-refractivity contribution >= 4 is 35.5 Å². The summed E-state index contributed by atoms with van der Waals surface area (Å²) in [7, 11) is 0. The van der Waals surface area contributed by atoms with Gasteiger partial charge in [-0.25, -0.2) is 19.3 Å². The number of likely N-dealkylation sites (tertiary alicyclic amines) is 1. The number of ether oxygens (including phenoxy) is 2. The molecule has 7 N–H and O–H groups in total. The molecule has 3 aliphatic heterocycles. The van der Waals surface area contributed by atoms with Gasteiger partial charge < -0.3 is 45.9 Å². The first-order valence-electron chi connectivity index (χ1n) is 31.9. The highest BCUT2D eigenvalue weighted by atomic mass is 16.6. The van der Waals surface area contributed by atoms with Gasteiger partial charge >= 0.3 is 11.8 Å². The van der Waals surface area contributed by atoms with Gasteiger partial charge in [-0.15, -0.1) is 0 Å². The lowest BCUT2D eigenvalue weighted by molar-refractivity contribution is -0.135. The molecule has 91 heavy (non-hydrogen) atoms. The summed E-state index contributed by atoms with van der Waals surface area (Å²) in [6, 6.07) is 32.5. The van der Waals surface area contributed by atoms with Crippen molar-refractivity contribution in [3.05, 3.63) is 160 Å². The van der Waals surface area contributed by atoms with Gasteiger partial charge in [0, 0.05) is 64.3 Å². The number of rotatable bonds is 27. The average molecular weight is 1250 g/mol. The van der Waals surface area contributed by atoms with Crippen molar-refractivity contribution in [3.8, 4) is 34.3 Å². The Kier molecular flexibility index (Phi) is 22.3. The number of ketones is 1. The number of nitrogens with one attached hydrogen (secondary N) is 5. The molecule has 9 rings (SSSR count). The largest absolute Gasteiger partial charge is 0.508 e. The minimum Gasteiger partial charge on any atom is -0.508 e. The zero-order valence-electron chi connectivity index (χ0n) is 53.3. The van der Waals surface area contributed by atoms with Crippen LogP contribution < -0.4 is 31.7 Å². The number of piperidine rings is 1. The normalized spacial score (nSPS) is 17.7. The Bertz CT molecular complexity index is 3520. The molecular formula is C70H88N10O11. The quantitative estimate of drug-likeness (QED) is 0.0249. The highest BCUT2D eigenvalue weighted by molar-refractivity contribution is 5.99. The maximum atomic E-state index is 14.4. The van der Waals surface area contributed by atoms with E-state index in [1.165, 1.54) is 10.6 Å². The molecule has 5 atom stereocenters. The highest BCUT2D eigenvalue weighted by Crippen LogP contribution is 2.38. The van der Waals surface area contributed by atoms with E-state index in [2.05, 4.69) is 41.3 Å². The molecule has 5 unspecified atom stereocenters. The number of aromatic nitrogens is 3. The zero-order chi connectivity index (χ0) is 64.9. The van der Waals surface area contributed by atoms with Crippen molar-refractivity contribution < 1.29 is 48.5 Å². The van der Waals surface area contributed by atoms with Crippen LogP contribution in [0.5, 0.6) is 17.2 Å². The van der Waals surface area contributed by atoms with Crippen LogP contribution in [-0.4, -0.2) is 157 Å². The molecule has 3 fully saturated rings. The summed E-state index contributed by atoms with van der Waals surface area (Å²) in [6.07, 6.45) is 2.52. The Morgan fingerprint density at radius 1 is 0.659 bits per heavy atom. The van der Waals surface area contributed by atoms with Crippen molar-refractivity contribution in [2.75, 3.05) is 45.9 Å². The topological polar surface area (TPSA) is 273 Å². The highest BCUT2D eigenvalue weighted by Gasteiger charge is 2.50. The number of carbonyl (C=O) groups excluding carboxylic acids is 6. The Morgan fingerprint density at radius 3 is 1.85 bits per heavy atom. The number of piperazine rings is 1. The standard InChI is InChI=1S/C70H88N10O11/c1-44(2)36-57(63(84)70(7)43-90-70)72-67(87)59(38-48-16-12-9-13-17-48)74-66(86)58(37-45(3)4)73-65(85)56(27-22-47-14-10-8-11-15-47)71-62(83)39-49-20-25-53(26-21-49)91-69(89)79-30-28-51(29-31-79)78-34-32-77(33-35-78)42-50-18-23-52(24-19-50)80-64(75-76-68(80)88)55-40-54(46(5)6)60(81)41-61(55)82/h8-21,23-26,40-41,44-46,51,56-59,81-82H,22,27-39,42-43H2,1-7H3,(H,71,83)(H,72,87)(H,73,85)(H,74,86)(H,76,88). The van der Waals surface area contributed by atoms with Crippen LogP contribution in [0.1, 0.15) is 114 Å². The van der Waals surface area contributed by atoms with Crippen LogP contribution in [0.25, 0.3) is 17.1 Å². The Morgan fingerprint density at radius 2 is 1.23 bits per heavy atom. The number of hydrogen-bond donors (Lipinski definition) is 7. The number of hydrogen-bond acceptors (Lipinski definition) is 14. The van der Waals surface area contributed by atoms with Gasteiger partial charge in [0.15, 0.2) is 11.6 Å². The SMILES string of the molecule is CC(C)CC(NC(=O)C(CCc1ccccc1)NC(=O)Cc1ccc(OC(=O)N2CCC(N3CCN(Cc4ccc(-n5c(-c6cc(C(C)C)c(O)cc6O)n[nH]c5=O)cc4)CC3)CC2)cc1)C(=O)NC(Cc1ccccc1)C(=O)NC(CC(C)C)C(=O)C1(C)CO1. The molecule has 0 spiro atoms. The summed E-state index contributed by atoms with van der Waals surface area (Å²) in [4.78, 5) is 104. The second kappa shape index (κ2) is 30.4. The number of phenolic OH excluding ortho intramolecular Hbond substituents is 2. The maximum Gasteiger partial charge on any atom is 0.415 e. The third-order valence-electron chi connectivity index (χ3n) is 17.3. The lowest BCUT2D eigenvalue weighted by Gasteiger charge is -2.42. The number of phenols is 2. The first kappa shape index (κ1) is 66.8. The lowest BCUT2D eigenvalue weighted by atomic mass is 9.93. The van der Waals surface area contributed by atoms with E-state index >= 15 is 0 Å². The van der Waals surface area contributed by atoms with E-state index in [1.807, 2.05) is 126 Å². The molecule has 5 amide bonds. The number of benzene rings is 5. The second-order valence-electron chi connectivity index (χ2n) is 25.8. The molecule has 0 bridgehead atoms. The number of H-pyrrole nitrogens is 1. The van der Waals surface area contributed by atoms with Crippen LogP contribution in [0.4, 0.5) is 4.79 Å². The van der Waals surface area contributed by atoms with Gasteiger partial charge in [0.1, 0.15) is 41.0 Å². The average Bonchev–Trinajstić information content (AvgIpc) is 1.74. The number of epoxide rings is 1. The monoisotopic (exact) mass is 1240 g/mol. The fraction of sp³-hybridized carbons (Fsp3) is 0.457. The third-order valence-corrected chi connectivity index (χ3v) is 17.3. The zero-order valence-corrected chi connectivity index (χ0v) is 53.3. The van der Waals surface area contributed by atoms with Gasteiger partial charge in [-0.05, 0) is 121 Å². The molecule has 0 radical (unpaired) electrons. The molecule has 484 valence electrons. The molecule has 0 saturated carbocycles. The van der Waals surface area contributed by atoms with Gasteiger partial charge in [0.25, 0.3) is 0 Å². The summed E-state index contributed by atoms with van der Waals surface area (Å²) in [5.74, 6) is -1.94. The summed E-state index contributed by atoms with van der Waals surface area (Å²) in [5.41, 5.74) is 3.60. The van der Waals surface area contributed by atoms with Crippen molar-refractivity contribution in [3.63, 3.8) is 0 Å². The second-order valence-corrected chi connectivity index (χ2v) is 25.8. The number of aromatic amines is 1. The maximum absolute atomic E-state index is 14.4. The van der Waals surface area contributed by atoms with Crippen LogP contribution in [0, 0.1) is 11.8 Å². The van der Waals surface area contributed by atoms with Crippen LogP contribution in [0.2, 0.25) is 0 Å². The molecule has 3 saturated heterocycles. The number of amides is 5. The molecule has 4 heterocycles. The Balaban J connectivity index is 0.749. The van der Waals surface area contributed by atoms with E-state index in [-0.39, 0.29) is 73.2 Å². The summed E-state index contributed by atoms with van der Waals surface area (Å²) in [5, 5.41) is 39.6. The van der Waals surface area contributed by atoms with Crippen LogP contribution >= 0.6 is 0 Å². The number of aromatic hydroxyl groups is 2. The molecule has 3 aliphatic rings. The van der Waals surface area contributed by atoms with Gasteiger partial charge in [-0.2, -0.15) is 5.10 Å². The van der Waals surface area contributed by atoms with Gasteiger partial charge in [0.05, 0.1) is 30.3 Å². The van der Waals surface area contributed by atoms with Gasteiger partial charge in [-0.3, -0.25) is 33.8 Å². The number of carbonyl (C=O) groups is 6. The predicted molar refractivity (Wildman–Crippen MR) is 346 cm³/mol. The van der Waals surface area contributed by atoms with E-state index in [1.54, 1.807) is 42.2 Å². The third kappa shape index (κ3) is 18.1. The molecule has 6 aromatic rings. The minimum atomic E-state index is -1.09. The fourth-order valence-corrected chi connectivity index (χ4v) is 12.1. The van der Waals surface area contributed by atoms with E-state index < -0.39 is 65.2 Å². The first-order valence-corrected chi connectivity index (χ1v) is 31.9. The summed E-state index contributed by atoms with van der Waals surface area (Å²) in [6.45, 7) is 19.0. The number of Topliss-reactive ketones (excluding diaryl/α,β-unsaturated/α-hetero) is 1. The molecule has 21 heteroatoms. The Labute approximate surface area is 532 Å².